The molecule has 1 heterocycles. The van der Waals surface area contributed by atoms with Crippen LogP contribution >= 0.6 is 32.3 Å². The average molecular weight is 300 g/mol. The Balaban J connectivity index is 2.02. The van der Waals surface area contributed by atoms with Crippen molar-refractivity contribution in [2.75, 3.05) is 5.32 Å². The third-order valence-electron chi connectivity index (χ3n) is 2.68. The summed E-state index contributed by atoms with van der Waals surface area (Å²) in [5.41, 5.74) is 2.51. The second kappa shape index (κ2) is 5.87. The molecule has 0 saturated carbocycles. The van der Waals surface area contributed by atoms with E-state index in [1.165, 1.54) is 21.5 Å². The fourth-order valence-electron chi connectivity index (χ4n) is 1.56. The van der Waals surface area contributed by atoms with E-state index in [0.29, 0.717) is 17.5 Å². The van der Waals surface area contributed by atoms with Crippen LogP contribution in [0.5, 0.6) is 0 Å². The van der Waals surface area contributed by atoms with Crippen molar-refractivity contribution in [1.29, 1.82) is 0 Å². The Morgan fingerprint density at radius 3 is 2.39 bits per heavy atom. The Kier molecular flexibility index (Phi) is 4.43. The number of benzene rings is 1. The molecule has 5 heteroatoms. The van der Waals surface area contributed by atoms with Crippen molar-refractivity contribution < 1.29 is 0 Å². The molecule has 0 atom stereocenters. The third-order valence-corrected chi connectivity index (χ3v) is 5.42. The van der Waals surface area contributed by atoms with Crippen molar-refractivity contribution in [3.05, 3.63) is 50.0 Å². The minimum absolute atomic E-state index is 0.0701. The van der Waals surface area contributed by atoms with Crippen LogP contribution in [-0.2, 0) is 6.54 Å². The van der Waals surface area contributed by atoms with Gasteiger partial charge in [0.25, 0.3) is 4.74 Å². The second-order valence-corrected chi connectivity index (χ2v) is 6.84. The van der Waals surface area contributed by atoms with Crippen molar-refractivity contribution in [3.63, 3.8) is 0 Å². The van der Waals surface area contributed by atoms with Gasteiger partial charge < -0.3 is 5.32 Å². The van der Waals surface area contributed by atoms with Gasteiger partial charge in [0.2, 0.25) is 0 Å². The number of hydrogen-bond donors (Lipinski definition) is 1. The summed E-state index contributed by atoms with van der Waals surface area (Å²) in [4.78, 5) is 11.2. The Morgan fingerprint density at radius 1 is 1.22 bits per heavy atom. The molecule has 0 aliphatic carbocycles. The second-order valence-electron chi connectivity index (χ2n) is 4.35. The van der Waals surface area contributed by atoms with Crippen LogP contribution in [0.3, 0.4) is 0 Å². The lowest BCUT2D eigenvalue weighted by Crippen LogP contribution is -2.00. The number of nitrogens with one attached hydrogen (secondary N) is 1. The molecule has 0 aliphatic heterocycles. The smallest absolute Gasteiger partial charge is 0.263 e. The lowest BCUT2D eigenvalue weighted by Gasteiger charge is -2.07. The summed E-state index contributed by atoms with van der Waals surface area (Å²) in [7, 11) is 2.55. The molecule has 2 rings (SSSR count). The van der Waals surface area contributed by atoms with E-state index in [-0.39, 0.29) is 4.74 Å². The first kappa shape index (κ1) is 13.6. The highest BCUT2D eigenvalue weighted by Gasteiger charge is 2.07. The summed E-state index contributed by atoms with van der Waals surface area (Å²) in [6.07, 6.45) is 0. The van der Waals surface area contributed by atoms with Gasteiger partial charge in [-0.25, -0.2) is 0 Å². The largest absolute Gasteiger partial charge is 0.371 e. The van der Waals surface area contributed by atoms with Crippen molar-refractivity contribution in [3.8, 4) is 0 Å². The molecule has 2 aromatic rings. The molecule has 0 fully saturated rings. The molecule has 0 bridgehead atoms. The first-order valence-corrected chi connectivity index (χ1v) is 8.22. The molecule has 1 N–H and O–H groups in total. The number of rotatable bonds is 4. The lowest BCUT2D eigenvalue weighted by atomic mass is 10.0. The Bertz CT molecular complexity index is 571. The Labute approximate surface area is 119 Å². The highest BCUT2D eigenvalue weighted by atomic mass is 35.5. The van der Waals surface area contributed by atoms with Gasteiger partial charge in [0, 0.05) is 6.54 Å². The summed E-state index contributed by atoms with van der Waals surface area (Å²) in [5.74, 6) is 0.545. The summed E-state index contributed by atoms with van der Waals surface area (Å²) < 4.78 is -0.0701. The van der Waals surface area contributed by atoms with Crippen LogP contribution in [-0.4, -0.2) is 0 Å². The average Bonchev–Trinajstić information content (AvgIpc) is 2.68. The van der Waals surface area contributed by atoms with Gasteiger partial charge >= 0.3 is 0 Å². The molecule has 96 valence electrons. The fraction of sp³-hybridized carbons (Fsp3) is 0.308. The van der Waals surface area contributed by atoms with Gasteiger partial charge in [0.1, 0.15) is 10.0 Å². The van der Waals surface area contributed by atoms with E-state index < -0.39 is 0 Å². The normalized spacial score (nSPS) is 10.9. The van der Waals surface area contributed by atoms with E-state index in [1.807, 2.05) is 0 Å². The molecule has 1 aromatic heterocycles. The summed E-state index contributed by atoms with van der Waals surface area (Å²) in [5, 5.41) is 4.27. The molecule has 0 amide bonds. The first-order valence-electron chi connectivity index (χ1n) is 5.69. The topological polar surface area (TPSA) is 29.1 Å². The SMILES string of the molecule is CC(C)c1ccc(CNc2ssc(=O)c2Cl)cc1. The van der Waals surface area contributed by atoms with Crippen LogP contribution in [0.4, 0.5) is 5.00 Å². The van der Waals surface area contributed by atoms with Gasteiger partial charge in [-0.2, -0.15) is 0 Å². The summed E-state index contributed by atoms with van der Waals surface area (Å²) in [6.45, 7) is 5.04. The highest BCUT2D eigenvalue weighted by molar-refractivity contribution is 7.70. The number of halogens is 1. The standard InChI is InChI=1S/C13H14ClNOS2/c1-8(2)10-5-3-9(4-6-10)7-15-12-11(14)13(16)18-17-12/h3-6,8,15H,7H2,1-2H3. The quantitative estimate of drug-likeness (QED) is 0.839. The molecule has 1 aromatic carbocycles. The minimum atomic E-state index is -0.0701. The van der Waals surface area contributed by atoms with Crippen molar-refractivity contribution in [1.82, 2.24) is 0 Å². The maximum atomic E-state index is 11.2. The maximum absolute atomic E-state index is 11.2. The molecule has 0 spiro atoms. The molecular formula is C13H14ClNOS2. The van der Waals surface area contributed by atoms with E-state index in [9.17, 15) is 4.79 Å². The van der Waals surface area contributed by atoms with Crippen LogP contribution < -0.4 is 10.1 Å². The fourth-order valence-corrected chi connectivity index (χ4v) is 3.98. The number of anilines is 1. The van der Waals surface area contributed by atoms with Crippen molar-refractivity contribution in [2.45, 2.75) is 26.3 Å². The lowest BCUT2D eigenvalue weighted by molar-refractivity contribution is 0.865. The monoisotopic (exact) mass is 299 g/mol. The van der Waals surface area contributed by atoms with E-state index in [1.54, 1.807) is 0 Å². The summed E-state index contributed by atoms with van der Waals surface area (Å²) >= 11 is 5.89. The zero-order valence-corrected chi connectivity index (χ0v) is 12.6. The van der Waals surface area contributed by atoms with E-state index >= 15 is 0 Å². The predicted octanol–water partition coefficient (Wildman–Crippen LogP) is 4.56. The highest BCUT2D eigenvalue weighted by Crippen LogP contribution is 2.27. The van der Waals surface area contributed by atoms with Gasteiger partial charge in [0.05, 0.1) is 0 Å². The van der Waals surface area contributed by atoms with Gasteiger partial charge in [-0.3, -0.25) is 4.79 Å². The van der Waals surface area contributed by atoms with E-state index in [4.69, 9.17) is 11.6 Å². The molecule has 0 unspecified atom stereocenters. The van der Waals surface area contributed by atoms with Gasteiger partial charge in [-0.1, -0.05) is 60.1 Å². The van der Waals surface area contributed by atoms with E-state index in [2.05, 4.69) is 43.4 Å². The van der Waals surface area contributed by atoms with Gasteiger partial charge in [-0.15, -0.1) is 0 Å². The van der Waals surface area contributed by atoms with E-state index in [0.717, 1.165) is 15.3 Å². The van der Waals surface area contributed by atoms with Crippen LogP contribution in [0.2, 0.25) is 5.02 Å². The van der Waals surface area contributed by atoms with Crippen LogP contribution in [0, 0.1) is 0 Å². The first-order chi connectivity index (χ1) is 8.58. The molecule has 0 radical (unpaired) electrons. The zero-order valence-electron chi connectivity index (χ0n) is 10.2. The summed E-state index contributed by atoms with van der Waals surface area (Å²) in [6, 6.07) is 8.48. The van der Waals surface area contributed by atoms with Crippen molar-refractivity contribution >= 4 is 37.3 Å². The minimum Gasteiger partial charge on any atom is -0.371 e. The molecular weight excluding hydrogens is 286 g/mol. The zero-order chi connectivity index (χ0) is 13.1. The maximum Gasteiger partial charge on any atom is 0.263 e. The van der Waals surface area contributed by atoms with Crippen LogP contribution in [0.15, 0.2) is 29.1 Å². The van der Waals surface area contributed by atoms with Gasteiger partial charge in [-0.05, 0) is 27.4 Å². The molecule has 0 aliphatic rings. The van der Waals surface area contributed by atoms with Gasteiger partial charge in [0.15, 0.2) is 0 Å². The van der Waals surface area contributed by atoms with Crippen LogP contribution in [0.25, 0.3) is 0 Å². The third kappa shape index (κ3) is 3.13. The van der Waals surface area contributed by atoms with Crippen LogP contribution in [0.1, 0.15) is 30.9 Å². The Morgan fingerprint density at radius 2 is 1.89 bits per heavy atom. The number of hydrogen-bond acceptors (Lipinski definition) is 4. The van der Waals surface area contributed by atoms with Crippen molar-refractivity contribution in [2.24, 2.45) is 0 Å². The molecule has 0 saturated heterocycles. The Hall–Kier alpha value is -0.840. The molecule has 2 nitrogen and oxygen atoms in total. The molecule has 18 heavy (non-hydrogen) atoms. The predicted molar refractivity (Wildman–Crippen MR) is 81.3 cm³/mol.